The van der Waals surface area contributed by atoms with Crippen LogP contribution >= 0.6 is 11.8 Å². The third-order valence-corrected chi connectivity index (χ3v) is 5.41. The van der Waals surface area contributed by atoms with Gasteiger partial charge in [0.1, 0.15) is 0 Å². The Bertz CT molecular complexity index is 640. The van der Waals surface area contributed by atoms with Crippen molar-refractivity contribution >= 4 is 17.7 Å². The molecule has 0 aliphatic carbocycles. The fourth-order valence-corrected chi connectivity index (χ4v) is 4.45. The summed E-state index contributed by atoms with van der Waals surface area (Å²) in [6, 6.07) is 10.0. The highest BCUT2D eigenvalue weighted by molar-refractivity contribution is 8.00. The molecule has 0 radical (unpaired) electrons. The van der Waals surface area contributed by atoms with Gasteiger partial charge in [-0.15, -0.1) is 0 Å². The molecule has 0 spiro atoms. The lowest BCUT2D eigenvalue weighted by Gasteiger charge is -2.26. The lowest BCUT2D eigenvalue weighted by atomic mass is 10.1. The van der Waals surface area contributed by atoms with Crippen molar-refractivity contribution in [3.05, 3.63) is 48.3 Å². The number of rotatable bonds is 2. The maximum atomic E-state index is 12.6. The smallest absolute Gasteiger partial charge is 0.254 e. The van der Waals surface area contributed by atoms with Crippen molar-refractivity contribution in [2.24, 2.45) is 0 Å². The summed E-state index contributed by atoms with van der Waals surface area (Å²) in [7, 11) is 0. The van der Waals surface area contributed by atoms with Crippen LogP contribution in [0.3, 0.4) is 0 Å². The average Bonchev–Trinajstić information content (AvgIpc) is 3.23. The van der Waals surface area contributed by atoms with E-state index >= 15 is 0 Å². The summed E-state index contributed by atoms with van der Waals surface area (Å²) in [5, 5.41) is 4.86. The fourth-order valence-electron chi connectivity index (χ4n) is 3.02. The second kappa shape index (κ2) is 4.66. The van der Waals surface area contributed by atoms with E-state index in [0.29, 0.717) is 11.3 Å². The van der Waals surface area contributed by atoms with Gasteiger partial charge in [0.05, 0.1) is 5.69 Å². The molecule has 2 aliphatic heterocycles. The standard InChI is InChI=1S/C15H15N3OS/c19-15(17-9-14-8-13(17)10-20-14)11-3-1-4-12(7-11)18-6-2-5-16-18/h1-7,13-14H,8-10H2. The number of fused-ring (bicyclic) bond motifs is 2. The SMILES string of the molecule is O=C(c1cccc(-n2cccn2)c1)N1CC2CC1CS2. The van der Waals surface area contributed by atoms with Crippen molar-refractivity contribution in [2.45, 2.75) is 17.7 Å². The van der Waals surface area contributed by atoms with Crippen LogP contribution in [-0.4, -0.2) is 44.2 Å². The summed E-state index contributed by atoms with van der Waals surface area (Å²) >= 11 is 2.00. The topological polar surface area (TPSA) is 38.1 Å². The molecule has 2 saturated heterocycles. The minimum Gasteiger partial charge on any atom is -0.334 e. The zero-order chi connectivity index (χ0) is 13.5. The summed E-state index contributed by atoms with van der Waals surface area (Å²) in [5.74, 6) is 1.25. The number of amides is 1. The van der Waals surface area contributed by atoms with Crippen LogP contribution < -0.4 is 0 Å². The van der Waals surface area contributed by atoms with E-state index < -0.39 is 0 Å². The molecule has 3 heterocycles. The first kappa shape index (κ1) is 12.0. The Morgan fingerprint density at radius 2 is 2.30 bits per heavy atom. The van der Waals surface area contributed by atoms with Crippen LogP contribution in [-0.2, 0) is 0 Å². The van der Waals surface area contributed by atoms with E-state index in [-0.39, 0.29) is 5.91 Å². The Labute approximate surface area is 121 Å². The third-order valence-electron chi connectivity index (χ3n) is 4.02. The number of carbonyl (C=O) groups excluding carboxylic acids is 1. The Morgan fingerprint density at radius 1 is 1.35 bits per heavy atom. The molecular formula is C15H15N3OS. The first-order chi connectivity index (χ1) is 9.81. The van der Waals surface area contributed by atoms with Crippen LogP contribution in [0.15, 0.2) is 42.7 Å². The first-order valence-corrected chi connectivity index (χ1v) is 7.89. The fraction of sp³-hybridized carbons (Fsp3) is 0.333. The molecule has 2 unspecified atom stereocenters. The molecule has 102 valence electrons. The maximum Gasteiger partial charge on any atom is 0.254 e. The maximum absolute atomic E-state index is 12.6. The van der Waals surface area contributed by atoms with E-state index in [2.05, 4.69) is 5.10 Å². The van der Waals surface area contributed by atoms with Gasteiger partial charge in [0.2, 0.25) is 0 Å². The number of likely N-dealkylation sites (tertiary alicyclic amines) is 1. The Hall–Kier alpha value is -1.75. The number of benzene rings is 1. The van der Waals surface area contributed by atoms with Crippen molar-refractivity contribution in [1.82, 2.24) is 14.7 Å². The highest BCUT2D eigenvalue weighted by Gasteiger charge is 2.41. The molecular weight excluding hydrogens is 270 g/mol. The molecule has 1 amide bonds. The van der Waals surface area contributed by atoms with Crippen molar-refractivity contribution in [1.29, 1.82) is 0 Å². The number of hydrogen-bond donors (Lipinski definition) is 0. The van der Waals surface area contributed by atoms with Crippen molar-refractivity contribution in [2.75, 3.05) is 12.3 Å². The number of hydrogen-bond acceptors (Lipinski definition) is 3. The quantitative estimate of drug-likeness (QED) is 0.849. The van der Waals surface area contributed by atoms with Gasteiger partial charge >= 0.3 is 0 Å². The molecule has 2 aromatic rings. The van der Waals surface area contributed by atoms with Gasteiger partial charge in [0, 0.05) is 41.5 Å². The van der Waals surface area contributed by atoms with Gasteiger partial charge in [0.15, 0.2) is 0 Å². The van der Waals surface area contributed by atoms with Gasteiger partial charge in [0.25, 0.3) is 5.91 Å². The minimum atomic E-state index is 0.159. The zero-order valence-corrected chi connectivity index (χ0v) is 11.8. The summed E-state index contributed by atoms with van der Waals surface area (Å²) in [5.41, 5.74) is 1.69. The molecule has 2 atom stereocenters. The molecule has 1 aromatic carbocycles. The zero-order valence-electron chi connectivity index (χ0n) is 11.0. The molecule has 20 heavy (non-hydrogen) atoms. The van der Waals surface area contributed by atoms with Crippen molar-refractivity contribution in [3.8, 4) is 5.69 Å². The molecule has 4 nitrogen and oxygen atoms in total. The monoisotopic (exact) mass is 285 g/mol. The largest absolute Gasteiger partial charge is 0.334 e. The number of nitrogens with zero attached hydrogens (tertiary/aromatic N) is 3. The summed E-state index contributed by atoms with van der Waals surface area (Å²) in [6.45, 7) is 0.903. The van der Waals surface area contributed by atoms with Crippen LogP contribution in [0.25, 0.3) is 5.69 Å². The van der Waals surface area contributed by atoms with Gasteiger partial charge in [-0.05, 0) is 30.7 Å². The van der Waals surface area contributed by atoms with Crippen LogP contribution in [0.5, 0.6) is 0 Å². The number of carbonyl (C=O) groups is 1. The van der Waals surface area contributed by atoms with E-state index in [1.54, 1.807) is 10.9 Å². The lowest BCUT2D eigenvalue weighted by molar-refractivity contribution is 0.0747. The van der Waals surface area contributed by atoms with E-state index in [9.17, 15) is 4.79 Å². The first-order valence-electron chi connectivity index (χ1n) is 6.84. The van der Waals surface area contributed by atoms with Gasteiger partial charge in [-0.2, -0.15) is 16.9 Å². The molecule has 5 heteroatoms. The average molecular weight is 285 g/mol. The second-order valence-electron chi connectivity index (χ2n) is 5.30. The van der Waals surface area contributed by atoms with Gasteiger partial charge in [-0.25, -0.2) is 4.68 Å². The minimum absolute atomic E-state index is 0.159. The molecule has 4 rings (SSSR count). The van der Waals surface area contributed by atoms with E-state index in [1.165, 1.54) is 0 Å². The Balaban J connectivity index is 1.62. The van der Waals surface area contributed by atoms with Crippen molar-refractivity contribution < 1.29 is 4.79 Å². The highest BCUT2D eigenvalue weighted by Crippen LogP contribution is 2.38. The van der Waals surface area contributed by atoms with Gasteiger partial charge in [-0.1, -0.05) is 6.07 Å². The van der Waals surface area contributed by atoms with Crippen LogP contribution in [0.1, 0.15) is 16.8 Å². The number of thioether (sulfide) groups is 1. The van der Waals surface area contributed by atoms with E-state index in [1.807, 2.05) is 53.2 Å². The molecule has 0 N–H and O–H groups in total. The predicted molar refractivity (Wildman–Crippen MR) is 79.3 cm³/mol. The molecule has 2 aliphatic rings. The van der Waals surface area contributed by atoms with Crippen LogP contribution in [0.4, 0.5) is 0 Å². The summed E-state index contributed by atoms with van der Waals surface area (Å²) in [4.78, 5) is 14.7. The molecule has 2 bridgehead atoms. The van der Waals surface area contributed by atoms with E-state index in [4.69, 9.17) is 0 Å². The van der Waals surface area contributed by atoms with Gasteiger partial charge in [-0.3, -0.25) is 4.79 Å². The number of aromatic nitrogens is 2. The Kier molecular flexibility index (Phi) is 2.80. The van der Waals surface area contributed by atoms with Gasteiger partial charge < -0.3 is 4.90 Å². The third kappa shape index (κ3) is 1.93. The van der Waals surface area contributed by atoms with Crippen LogP contribution in [0.2, 0.25) is 0 Å². The molecule has 1 aromatic heterocycles. The summed E-state index contributed by atoms with van der Waals surface area (Å²) < 4.78 is 1.78. The second-order valence-corrected chi connectivity index (χ2v) is 6.64. The van der Waals surface area contributed by atoms with E-state index in [0.717, 1.165) is 30.0 Å². The normalized spacial score (nSPS) is 24.3. The van der Waals surface area contributed by atoms with Crippen molar-refractivity contribution in [3.63, 3.8) is 0 Å². The van der Waals surface area contributed by atoms with Crippen LogP contribution in [0, 0.1) is 0 Å². The molecule has 2 fully saturated rings. The molecule has 0 saturated carbocycles. The predicted octanol–water partition coefficient (Wildman–Crippen LogP) is 2.20. The highest BCUT2D eigenvalue weighted by atomic mass is 32.2. The lowest BCUT2D eigenvalue weighted by Crippen LogP contribution is -2.39. The summed E-state index contributed by atoms with van der Waals surface area (Å²) in [6.07, 6.45) is 4.79. The Morgan fingerprint density at radius 3 is 3.00 bits per heavy atom.